The SMILES string of the molecule is CC(C)C(NC(=O)N1CCCOc2ccccc21)C(=O)O. The number of amides is 2. The van der Waals surface area contributed by atoms with Crippen LogP contribution >= 0.6 is 0 Å². The first-order chi connectivity index (χ1) is 10.0. The van der Waals surface area contributed by atoms with Crippen LogP contribution in [0.4, 0.5) is 10.5 Å². The van der Waals surface area contributed by atoms with Crippen molar-refractivity contribution in [2.24, 2.45) is 5.92 Å². The van der Waals surface area contributed by atoms with Crippen LogP contribution in [0.1, 0.15) is 20.3 Å². The van der Waals surface area contributed by atoms with Crippen LogP contribution < -0.4 is 15.0 Å². The highest BCUT2D eigenvalue weighted by atomic mass is 16.5. The lowest BCUT2D eigenvalue weighted by Crippen LogP contribution is -2.50. The van der Waals surface area contributed by atoms with Crippen molar-refractivity contribution in [3.8, 4) is 5.75 Å². The van der Waals surface area contributed by atoms with Crippen molar-refractivity contribution in [2.45, 2.75) is 26.3 Å². The smallest absolute Gasteiger partial charge is 0.326 e. The first kappa shape index (κ1) is 15.2. The van der Waals surface area contributed by atoms with Crippen molar-refractivity contribution >= 4 is 17.7 Å². The van der Waals surface area contributed by atoms with Gasteiger partial charge in [-0.2, -0.15) is 0 Å². The Hall–Kier alpha value is -2.24. The largest absolute Gasteiger partial charge is 0.491 e. The van der Waals surface area contributed by atoms with Gasteiger partial charge in [-0.3, -0.25) is 4.90 Å². The molecule has 1 atom stereocenters. The van der Waals surface area contributed by atoms with Crippen LogP contribution in [0.5, 0.6) is 5.75 Å². The third-order valence-corrected chi connectivity index (χ3v) is 3.40. The molecule has 0 saturated carbocycles. The maximum Gasteiger partial charge on any atom is 0.326 e. The molecule has 1 unspecified atom stereocenters. The number of ether oxygens (including phenoxy) is 1. The number of hydrogen-bond acceptors (Lipinski definition) is 3. The van der Waals surface area contributed by atoms with Crippen molar-refractivity contribution in [1.29, 1.82) is 0 Å². The van der Waals surface area contributed by atoms with Crippen LogP contribution in [0.15, 0.2) is 24.3 Å². The van der Waals surface area contributed by atoms with Gasteiger partial charge in [0.1, 0.15) is 11.8 Å². The lowest BCUT2D eigenvalue weighted by Gasteiger charge is -2.25. The number of fused-ring (bicyclic) bond motifs is 1. The standard InChI is InChI=1S/C15H20N2O4/c1-10(2)13(14(18)19)16-15(20)17-8-5-9-21-12-7-4-3-6-11(12)17/h3-4,6-7,10,13H,5,8-9H2,1-2H3,(H,16,20)(H,18,19). The van der Waals surface area contributed by atoms with Crippen molar-refractivity contribution in [3.63, 3.8) is 0 Å². The zero-order valence-electron chi connectivity index (χ0n) is 12.2. The third kappa shape index (κ3) is 3.45. The van der Waals surface area contributed by atoms with Crippen LogP contribution in [0, 0.1) is 5.92 Å². The van der Waals surface area contributed by atoms with Crippen molar-refractivity contribution in [2.75, 3.05) is 18.1 Å². The summed E-state index contributed by atoms with van der Waals surface area (Å²) in [4.78, 5) is 25.2. The monoisotopic (exact) mass is 292 g/mol. The Morgan fingerprint density at radius 1 is 1.33 bits per heavy atom. The summed E-state index contributed by atoms with van der Waals surface area (Å²) in [7, 11) is 0. The molecule has 2 N–H and O–H groups in total. The normalized spacial score (nSPS) is 15.7. The van der Waals surface area contributed by atoms with Gasteiger partial charge in [-0.25, -0.2) is 9.59 Å². The fourth-order valence-electron chi connectivity index (χ4n) is 2.26. The van der Waals surface area contributed by atoms with Gasteiger partial charge in [-0.05, 0) is 24.5 Å². The molecule has 1 aliphatic rings. The molecule has 21 heavy (non-hydrogen) atoms. The van der Waals surface area contributed by atoms with Crippen molar-refractivity contribution < 1.29 is 19.4 Å². The maximum absolute atomic E-state index is 12.4. The van der Waals surface area contributed by atoms with Crippen LogP contribution in [0.2, 0.25) is 0 Å². The number of benzene rings is 1. The molecule has 6 heteroatoms. The Kier molecular flexibility index (Phi) is 4.67. The quantitative estimate of drug-likeness (QED) is 0.894. The number of urea groups is 1. The molecule has 0 fully saturated rings. The molecule has 0 aromatic heterocycles. The second-order valence-corrected chi connectivity index (χ2v) is 5.33. The van der Waals surface area contributed by atoms with Gasteiger partial charge in [-0.15, -0.1) is 0 Å². The van der Waals surface area contributed by atoms with E-state index in [9.17, 15) is 14.7 Å². The predicted octanol–water partition coefficient (Wildman–Crippen LogP) is 2.09. The van der Waals surface area contributed by atoms with Crippen LogP contribution in [0.25, 0.3) is 0 Å². The third-order valence-electron chi connectivity index (χ3n) is 3.40. The van der Waals surface area contributed by atoms with Crippen LogP contribution in [-0.2, 0) is 4.79 Å². The summed E-state index contributed by atoms with van der Waals surface area (Å²) in [5.41, 5.74) is 0.667. The second-order valence-electron chi connectivity index (χ2n) is 5.33. The van der Waals surface area contributed by atoms with Gasteiger partial charge in [-0.1, -0.05) is 26.0 Å². The second kappa shape index (κ2) is 6.47. The van der Waals surface area contributed by atoms with E-state index < -0.39 is 18.0 Å². The van der Waals surface area contributed by atoms with Gasteiger partial charge in [0.2, 0.25) is 0 Å². The molecule has 0 bridgehead atoms. The average Bonchev–Trinajstić information content (AvgIpc) is 2.66. The summed E-state index contributed by atoms with van der Waals surface area (Å²) in [5, 5.41) is 11.8. The molecular weight excluding hydrogens is 272 g/mol. The Morgan fingerprint density at radius 3 is 2.71 bits per heavy atom. The number of carbonyl (C=O) groups is 2. The van der Waals surface area contributed by atoms with Crippen LogP contribution in [-0.4, -0.2) is 36.3 Å². The molecule has 2 rings (SSSR count). The number of carboxylic acid groups (broad SMARTS) is 1. The minimum Gasteiger partial charge on any atom is -0.491 e. The number of carboxylic acids is 1. The van der Waals surface area contributed by atoms with E-state index in [2.05, 4.69) is 5.32 Å². The highest BCUT2D eigenvalue weighted by molar-refractivity contribution is 5.95. The van der Waals surface area contributed by atoms with Crippen molar-refractivity contribution in [1.82, 2.24) is 5.32 Å². The predicted molar refractivity (Wildman–Crippen MR) is 78.7 cm³/mol. The maximum atomic E-state index is 12.4. The summed E-state index contributed by atoms with van der Waals surface area (Å²) in [6, 6.07) is 5.95. The highest BCUT2D eigenvalue weighted by Gasteiger charge is 2.28. The molecule has 6 nitrogen and oxygen atoms in total. The summed E-state index contributed by atoms with van der Waals surface area (Å²) < 4.78 is 5.59. The number of aliphatic carboxylic acids is 1. The Morgan fingerprint density at radius 2 is 2.05 bits per heavy atom. The summed E-state index contributed by atoms with van der Waals surface area (Å²) in [6.45, 7) is 4.55. The van der Waals surface area contributed by atoms with Gasteiger partial charge in [0.25, 0.3) is 0 Å². The number of hydrogen-bond donors (Lipinski definition) is 2. The molecule has 0 aliphatic carbocycles. The molecule has 1 aliphatic heterocycles. The van der Waals surface area contributed by atoms with Gasteiger partial charge < -0.3 is 15.2 Å². The van der Waals surface area contributed by atoms with E-state index in [0.29, 0.717) is 31.0 Å². The Bertz CT molecular complexity index is 530. The summed E-state index contributed by atoms with van der Waals surface area (Å²) in [5.74, 6) is -0.579. The highest BCUT2D eigenvalue weighted by Crippen LogP contribution is 2.30. The molecule has 0 saturated heterocycles. The molecule has 0 radical (unpaired) electrons. The van der Waals surface area contributed by atoms with E-state index in [0.717, 1.165) is 0 Å². The number of anilines is 1. The zero-order chi connectivity index (χ0) is 15.4. The Labute approximate surface area is 123 Å². The number of para-hydroxylation sites is 2. The van der Waals surface area contributed by atoms with E-state index >= 15 is 0 Å². The molecular formula is C15H20N2O4. The summed E-state index contributed by atoms with van der Waals surface area (Å²) in [6.07, 6.45) is 0.696. The first-order valence-electron chi connectivity index (χ1n) is 7.03. The lowest BCUT2D eigenvalue weighted by molar-refractivity contribution is -0.140. The number of rotatable bonds is 3. The zero-order valence-corrected chi connectivity index (χ0v) is 12.2. The molecule has 2 amide bonds. The van der Waals surface area contributed by atoms with Gasteiger partial charge >= 0.3 is 12.0 Å². The number of nitrogens with zero attached hydrogens (tertiary/aromatic N) is 1. The average molecular weight is 292 g/mol. The first-order valence-corrected chi connectivity index (χ1v) is 7.03. The lowest BCUT2D eigenvalue weighted by atomic mass is 10.1. The van der Waals surface area contributed by atoms with E-state index in [4.69, 9.17) is 4.74 Å². The molecule has 114 valence electrons. The van der Waals surface area contributed by atoms with Crippen molar-refractivity contribution in [3.05, 3.63) is 24.3 Å². The fourth-order valence-corrected chi connectivity index (χ4v) is 2.26. The van der Waals surface area contributed by atoms with E-state index in [1.54, 1.807) is 30.9 Å². The van der Waals surface area contributed by atoms with E-state index in [-0.39, 0.29) is 5.92 Å². The van der Waals surface area contributed by atoms with E-state index in [1.165, 1.54) is 0 Å². The molecule has 1 aromatic rings. The number of carbonyl (C=O) groups excluding carboxylic acids is 1. The molecule has 1 aromatic carbocycles. The number of nitrogens with one attached hydrogen (secondary N) is 1. The van der Waals surface area contributed by atoms with Crippen LogP contribution in [0.3, 0.4) is 0 Å². The molecule has 1 heterocycles. The van der Waals surface area contributed by atoms with Gasteiger partial charge in [0, 0.05) is 6.54 Å². The topological polar surface area (TPSA) is 78.9 Å². The van der Waals surface area contributed by atoms with Gasteiger partial charge in [0.05, 0.1) is 12.3 Å². The fraction of sp³-hybridized carbons (Fsp3) is 0.467. The minimum absolute atomic E-state index is 0.190. The summed E-state index contributed by atoms with van der Waals surface area (Å²) >= 11 is 0. The van der Waals surface area contributed by atoms with Gasteiger partial charge in [0.15, 0.2) is 0 Å². The van der Waals surface area contributed by atoms with E-state index in [1.807, 2.05) is 12.1 Å². The Balaban J connectivity index is 2.20. The minimum atomic E-state index is -1.03. The molecule has 0 spiro atoms.